The lowest BCUT2D eigenvalue weighted by atomic mass is 10.2. The standard InChI is InChI=1S/C21H17F4N3O3/c22-16-4-2-5-17(12-16)26-27-20(30)14-7-8-19(29)28(13-14)9-10-31-18-6-1-3-15(11-18)21(23,24)25/h1-8,11-13,26H,9-10H2,(H,27,30). The zero-order valence-corrected chi connectivity index (χ0v) is 15.9. The SMILES string of the molecule is O=C(NNc1cccc(F)c1)c1ccc(=O)n(CCOc2cccc(C(F)(F)F)c2)c1. The van der Waals surface area contributed by atoms with Crippen LogP contribution in [-0.4, -0.2) is 17.1 Å². The molecule has 0 radical (unpaired) electrons. The van der Waals surface area contributed by atoms with Crippen molar-refractivity contribution in [3.05, 3.63) is 94.2 Å². The van der Waals surface area contributed by atoms with Crippen LogP contribution >= 0.6 is 0 Å². The summed E-state index contributed by atoms with van der Waals surface area (Å²) in [6.07, 6.45) is -3.20. The molecule has 31 heavy (non-hydrogen) atoms. The van der Waals surface area contributed by atoms with Crippen LogP contribution in [0.15, 0.2) is 71.7 Å². The highest BCUT2D eigenvalue weighted by Crippen LogP contribution is 2.31. The molecule has 3 aromatic rings. The molecule has 3 rings (SSSR count). The van der Waals surface area contributed by atoms with Crippen LogP contribution in [0.2, 0.25) is 0 Å². The molecule has 0 fully saturated rings. The Labute approximate surface area is 174 Å². The first-order valence-corrected chi connectivity index (χ1v) is 9.05. The van der Waals surface area contributed by atoms with Crippen LogP contribution in [0.4, 0.5) is 23.2 Å². The van der Waals surface area contributed by atoms with E-state index in [9.17, 15) is 27.2 Å². The van der Waals surface area contributed by atoms with Crippen LogP contribution in [0.1, 0.15) is 15.9 Å². The molecule has 0 saturated heterocycles. The highest BCUT2D eigenvalue weighted by molar-refractivity contribution is 5.94. The number of nitrogens with one attached hydrogen (secondary N) is 2. The molecule has 0 bridgehead atoms. The van der Waals surface area contributed by atoms with Crippen molar-refractivity contribution in [3.63, 3.8) is 0 Å². The minimum atomic E-state index is -4.49. The summed E-state index contributed by atoms with van der Waals surface area (Å²) in [4.78, 5) is 24.3. The third-order valence-corrected chi connectivity index (χ3v) is 4.15. The summed E-state index contributed by atoms with van der Waals surface area (Å²) in [6.45, 7) is -0.0820. The lowest BCUT2D eigenvalue weighted by molar-refractivity contribution is -0.137. The molecular formula is C21H17F4N3O3. The number of carbonyl (C=O) groups excluding carboxylic acids is 1. The van der Waals surface area contributed by atoms with Gasteiger partial charge in [-0.3, -0.25) is 20.4 Å². The monoisotopic (exact) mass is 435 g/mol. The quantitative estimate of drug-likeness (QED) is 0.437. The minimum absolute atomic E-state index is 0.00746. The van der Waals surface area contributed by atoms with Crippen molar-refractivity contribution >= 4 is 11.6 Å². The topological polar surface area (TPSA) is 72.4 Å². The second kappa shape index (κ2) is 9.33. The maximum atomic E-state index is 13.2. The predicted octanol–water partition coefficient (Wildman–Crippen LogP) is 3.84. The summed E-state index contributed by atoms with van der Waals surface area (Å²) >= 11 is 0. The first-order valence-electron chi connectivity index (χ1n) is 9.05. The lowest BCUT2D eigenvalue weighted by Gasteiger charge is -2.12. The Morgan fingerprint density at radius 1 is 1.03 bits per heavy atom. The van der Waals surface area contributed by atoms with E-state index in [1.165, 1.54) is 53.2 Å². The summed E-state index contributed by atoms with van der Waals surface area (Å²) in [6, 6.07) is 12.3. The third-order valence-electron chi connectivity index (χ3n) is 4.15. The Hall–Kier alpha value is -3.82. The maximum Gasteiger partial charge on any atom is 0.416 e. The summed E-state index contributed by atoms with van der Waals surface area (Å²) in [7, 11) is 0. The van der Waals surface area contributed by atoms with Gasteiger partial charge in [-0.15, -0.1) is 0 Å². The van der Waals surface area contributed by atoms with Crippen LogP contribution in [0, 0.1) is 5.82 Å². The number of hydrogen-bond acceptors (Lipinski definition) is 4. The fourth-order valence-corrected chi connectivity index (χ4v) is 2.63. The molecule has 10 heteroatoms. The molecule has 1 heterocycles. The van der Waals surface area contributed by atoms with Gasteiger partial charge >= 0.3 is 6.18 Å². The zero-order chi connectivity index (χ0) is 22.4. The minimum Gasteiger partial charge on any atom is -0.492 e. The Kier molecular flexibility index (Phi) is 6.58. The molecular weight excluding hydrogens is 418 g/mol. The number of aromatic nitrogens is 1. The van der Waals surface area contributed by atoms with E-state index in [2.05, 4.69) is 10.9 Å². The first kappa shape index (κ1) is 21.9. The Balaban J connectivity index is 1.60. The predicted molar refractivity (Wildman–Crippen MR) is 105 cm³/mol. The highest BCUT2D eigenvalue weighted by Gasteiger charge is 2.30. The van der Waals surface area contributed by atoms with Gasteiger partial charge in [-0.05, 0) is 42.5 Å². The van der Waals surface area contributed by atoms with Crippen LogP contribution < -0.4 is 21.1 Å². The molecule has 0 saturated carbocycles. The molecule has 2 aromatic carbocycles. The smallest absolute Gasteiger partial charge is 0.416 e. The number of anilines is 1. The molecule has 0 unspecified atom stereocenters. The fraction of sp³-hybridized carbons (Fsp3) is 0.143. The highest BCUT2D eigenvalue weighted by atomic mass is 19.4. The molecule has 6 nitrogen and oxygen atoms in total. The second-order valence-electron chi connectivity index (χ2n) is 6.41. The van der Waals surface area contributed by atoms with Crippen molar-refractivity contribution in [2.75, 3.05) is 12.0 Å². The van der Waals surface area contributed by atoms with Crippen molar-refractivity contribution in [3.8, 4) is 5.75 Å². The largest absolute Gasteiger partial charge is 0.492 e. The van der Waals surface area contributed by atoms with Gasteiger partial charge < -0.3 is 9.30 Å². The van der Waals surface area contributed by atoms with Crippen LogP contribution in [0.25, 0.3) is 0 Å². The van der Waals surface area contributed by atoms with E-state index < -0.39 is 29.0 Å². The van der Waals surface area contributed by atoms with E-state index in [1.54, 1.807) is 6.07 Å². The Bertz CT molecular complexity index is 1130. The fourth-order valence-electron chi connectivity index (χ4n) is 2.63. The lowest BCUT2D eigenvalue weighted by Crippen LogP contribution is -2.31. The molecule has 1 aromatic heterocycles. The molecule has 0 aliphatic carbocycles. The number of alkyl halides is 3. The number of pyridine rings is 1. The molecule has 1 amide bonds. The number of hydrogen-bond donors (Lipinski definition) is 2. The van der Waals surface area contributed by atoms with Gasteiger partial charge in [0.25, 0.3) is 11.5 Å². The van der Waals surface area contributed by atoms with Crippen LogP contribution in [0.5, 0.6) is 5.75 Å². The van der Waals surface area contributed by atoms with Gasteiger partial charge in [0.2, 0.25) is 0 Å². The number of benzene rings is 2. The van der Waals surface area contributed by atoms with Crippen molar-refractivity contribution in [2.45, 2.75) is 12.7 Å². The number of amides is 1. The molecule has 162 valence electrons. The average Bonchev–Trinajstić information content (AvgIpc) is 2.73. The number of ether oxygens (including phenoxy) is 1. The number of halogens is 4. The summed E-state index contributed by atoms with van der Waals surface area (Å²) in [5, 5.41) is 0. The molecule has 0 spiro atoms. The summed E-state index contributed by atoms with van der Waals surface area (Å²) < 4.78 is 58.0. The number of nitrogens with zero attached hydrogens (tertiary/aromatic N) is 1. The summed E-state index contributed by atoms with van der Waals surface area (Å²) in [5.41, 5.74) is 4.15. The zero-order valence-electron chi connectivity index (χ0n) is 15.9. The van der Waals surface area contributed by atoms with E-state index in [-0.39, 0.29) is 24.5 Å². The van der Waals surface area contributed by atoms with Gasteiger partial charge in [0.1, 0.15) is 18.2 Å². The van der Waals surface area contributed by atoms with Crippen molar-refractivity contribution in [2.24, 2.45) is 0 Å². The normalized spacial score (nSPS) is 11.1. The molecule has 0 aliphatic rings. The van der Waals surface area contributed by atoms with Gasteiger partial charge in [0.05, 0.1) is 23.4 Å². The van der Waals surface area contributed by atoms with Crippen molar-refractivity contribution in [1.29, 1.82) is 0 Å². The van der Waals surface area contributed by atoms with Gasteiger partial charge in [0.15, 0.2) is 0 Å². The number of rotatable bonds is 7. The van der Waals surface area contributed by atoms with E-state index in [0.29, 0.717) is 5.69 Å². The maximum absolute atomic E-state index is 13.2. The Morgan fingerprint density at radius 2 is 1.81 bits per heavy atom. The van der Waals surface area contributed by atoms with Crippen LogP contribution in [0.3, 0.4) is 0 Å². The molecule has 0 aliphatic heterocycles. The average molecular weight is 435 g/mol. The second-order valence-corrected chi connectivity index (χ2v) is 6.41. The van der Waals surface area contributed by atoms with Crippen molar-refractivity contribution in [1.82, 2.24) is 9.99 Å². The summed E-state index contributed by atoms with van der Waals surface area (Å²) in [5.74, 6) is -1.04. The van der Waals surface area contributed by atoms with E-state index in [0.717, 1.165) is 12.1 Å². The Morgan fingerprint density at radius 3 is 2.55 bits per heavy atom. The van der Waals surface area contributed by atoms with Crippen molar-refractivity contribution < 1.29 is 27.1 Å². The van der Waals surface area contributed by atoms with Crippen LogP contribution in [-0.2, 0) is 12.7 Å². The van der Waals surface area contributed by atoms with Gasteiger partial charge in [-0.2, -0.15) is 13.2 Å². The molecule has 2 N–H and O–H groups in total. The first-order chi connectivity index (χ1) is 14.7. The van der Waals surface area contributed by atoms with Gasteiger partial charge in [0, 0.05) is 12.3 Å². The number of hydrazine groups is 1. The third kappa shape index (κ3) is 6.08. The van der Waals surface area contributed by atoms with Gasteiger partial charge in [-0.1, -0.05) is 12.1 Å². The van der Waals surface area contributed by atoms with E-state index in [1.807, 2.05) is 0 Å². The number of carbonyl (C=O) groups is 1. The van der Waals surface area contributed by atoms with E-state index in [4.69, 9.17) is 4.74 Å². The van der Waals surface area contributed by atoms with Gasteiger partial charge in [-0.25, -0.2) is 4.39 Å². The van der Waals surface area contributed by atoms with E-state index >= 15 is 0 Å². The molecule has 0 atom stereocenters.